The Labute approximate surface area is 277 Å². The quantitative estimate of drug-likeness (QED) is 0.0651. The standard InChI is InChI=1S/C39H27F9O/c1-3-4-5-6-23-7-10-25(11-8-23)30-15-22(2)26(18-31(30)40)12-9-24-16-33(42)37(34(43)17-24)39(47,48)49-28-13-14-29(32(41)21-28)27-19-35(44)38(46)36(45)20-27/h7-8,10-11,13-21H,3-6H2,1-2H3. The molecule has 0 unspecified atom stereocenters. The molecule has 0 aliphatic rings. The first-order valence-corrected chi connectivity index (χ1v) is 15.2. The molecule has 0 heterocycles. The van der Waals surface area contributed by atoms with Crippen molar-refractivity contribution in [2.24, 2.45) is 0 Å². The van der Waals surface area contributed by atoms with Crippen molar-refractivity contribution in [2.75, 3.05) is 0 Å². The molecule has 1 nitrogen and oxygen atoms in total. The SMILES string of the molecule is CCCCCc1ccc(-c2cc(C)c(C#Cc3cc(F)c(C(F)(F)Oc4ccc(-c5cc(F)c(F)c(F)c5)c(F)c4)c(F)c3)cc2F)cc1. The number of rotatable bonds is 9. The van der Waals surface area contributed by atoms with Gasteiger partial charge in [-0.05, 0) is 90.6 Å². The molecule has 0 N–H and O–H groups in total. The van der Waals surface area contributed by atoms with Gasteiger partial charge in [0.05, 0.1) is 0 Å². The van der Waals surface area contributed by atoms with Crippen LogP contribution in [0.1, 0.15) is 54.0 Å². The maximum atomic E-state index is 15.1. The molecule has 0 aromatic heterocycles. The van der Waals surface area contributed by atoms with E-state index in [1.807, 2.05) is 24.3 Å². The van der Waals surface area contributed by atoms with Crippen molar-refractivity contribution in [1.29, 1.82) is 0 Å². The van der Waals surface area contributed by atoms with Crippen LogP contribution in [0.2, 0.25) is 0 Å². The summed E-state index contributed by atoms with van der Waals surface area (Å²) in [6.07, 6.45) is -0.420. The third kappa shape index (κ3) is 7.94. The topological polar surface area (TPSA) is 9.23 Å². The Balaban J connectivity index is 1.34. The van der Waals surface area contributed by atoms with Crippen LogP contribution in [0.5, 0.6) is 5.75 Å². The molecule has 10 heteroatoms. The van der Waals surface area contributed by atoms with Gasteiger partial charge < -0.3 is 4.74 Å². The predicted molar refractivity (Wildman–Crippen MR) is 168 cm³/mol. The maximum Gasteiger partial charge on any atom is 0.432 e. The first-order chi connectivity index (χ1) is 23.3. The second kappa shape index (κ2) is 14.5. The Morgan fingerprint density at radius 1 is 0.612 bits per heavy atom. The average Bonchev–Trinajstić information content (AvgIpc) is 3.03. The van der Waals surface area contributed by atoms with Crippen molar-refractivity contribution in [3.8, 4) is 39.8 Å². The smallest absolute Gasteiger partial charge is 0.429 e. The Morgan fingerprint density at radius 3 is 1.86 bits per heavy atom. The van der Waals surface area contributed by atoms with Crippen LogP contribution in [0.25, 0.3) is 22.3 Å². The van der Waals surface area contributed by atoms with Gasteiger partial charge in [0.15, 0.2) is 17.5 Å². The minimum atomic E-state index is -4.65. The molecule has 5 aromatic carbocycles. The van der Waals surface area contributed by atoms with E-state index in [1.165, 1.54) is 6.07 Å². The van der Waals surface area contributed by atoms with E-state index in [1.54, 1.807) is 13.0 Å². The summed E-state index contributed by atoms with van der Waals surface area (Å²) in [6.45, 7) is 3.80. The minimum absolute atomic E-state index is 0.215. The van der Waals surface area contributed by atoms with Gasteiger partial charge in [0.1, 0.15) is 34.6 Å². The summed E-state index contributed by atoms with van der Waals surface area (Å²) in [6, 6.07) is 14.5. The lowest BCUT2D eigenvalue weighted by molar-refractivity contribution is -0.189. The molecule has 0 amide bonds. The summed E-state index contributed by atoms with van der Waals surface area (Å²) in [5.74, 6) is -6.08. The highest BCUT2D eigenvalue weighted by molar-refractivity contribution is 5.68. The fraction of sp³-hybridized carbons (Fsp3) is 0.179. The summed E-state index contributed by atoms with van der Waals surface area (Å²) in [7, 11) is 0. The molecule has 5 rings (SSSR count). The van der Waals surface area contributed by atoms with Crippen molar-refractivity contribution in [3.05, 3.63) is 147 Å². The van der Waals surface area contributed by atoms with Crippen molar-refractivity contribution in [3.63, 3.8) is 0 Å². The number of alkyl halides is 2. The van der Waals surface area contributed by atoms with E-state index in [-0.39, 0.29) is 11.1 Å². The summed E-state index contributed by atoms with van der Waals surface area (Å²) >= 11 is 0. The third-order valence-electron chi connectivity index (χ3n) is 7.80. The molecule has 0 bridgehead atoms. The zero-order valence-electron chi connectivity index (χ0n) is 26.1. The zero-order chi connectivity index (χ0) is 35.5. The van der Waals surface area contributed by atoms with Crippen LogP contribution in [0.3, 0.4) is 0 Å². The molecular formula is C39H27F9O. The number of ether oxygens (including phenoxy) is 1. The Bertz CT molecular complexity index is 2030. The van der Waals surface area contributed by atoms with Crippen LogP contribution in [0.4, 0.5) is 39.5 Å². The second-order valence-electron chi connectivity index (χ2n) is 11.4. The summed E-state index contributed by atoms with van der Waals surface area (Å²) in [4.78, 5) is 0. The fourth-order valence-corrected chi connectivity index (χ4v) is 5.23. The lowest BCUT2D eigenvalue weighted by atomic mass is 9.97. The maximum absolute atomic E-state index is 15.1. The highest BCUT2D eigenvalue weighted by atomic mass is 19.3. The number of aryl methyl sites for hydroxylation is 2. The summed E-state index contributed by atoms with van der Waals surface area (Å²) in [5.41, 5.74) is -0.0779. The van der Waals surface area contributed by atoms with E-state index in [0.717, 1.165) is 43.4 Å². The molecule has 0 aliphatic carbocycles. The number of unbranched alkanes of at least 4 members (excludes halogenated alkanes) is 2. The monoisotopic (exact) mass is 682 g/mol. The zero-order valence-corrected chi connectivity index (χ0v) is 26.1. The van der Waals surface area contributed by atoms with Crippen LogP contribution in [-0.4, -0.2) is 0 Å². The van der Waals surface area contributed by atoms with Crippen LogP contribution >= 0.6 is 0 Å². The largest absolute Gasteiger partial charge is 0.432 e. The number of hydrogen-bond donors (Lipinski definition) is 0. The van der Waals surface area contributed by atoms with E-state index in [4.69, 9.17) is 0 Å². The van der Waals surface area contributed by atoms with Crippen LogP contribution in [0.15, 0.2) is 78.9 Å². The predicted octanol–water partition coefficient (Wildman–Crippen LogP) is 11.6. The van der Waals surface area contributed by atoms with Gasteiger partial charge >= 0.3 is 6.11 Å². The van der Waals surface area contributed by atoms with Gasteiger partial charge in [-0.15, -0.1) is 0 Å². The van der Waals surface area contributed by atoms with Gasteiger partial charge in [0.25, 0.3) is 0 Å². The van der Waals surface area contributed by atoms with E-state index in [2.05, 4.69) is 23.5 Å². The van der Waals surface area contributed by atoms with Crippen LogP contribution < -0.4 is 4.74 Å². The van der Waals surface area contributed by atoms with E-state index in [0.29, 0.717) is 47.0 Å². The summed E-state index contributed by atoms with van der Waals surface area (Å²) in [5, 5.41) is 0. The highest BCUT2D eigenvalue weighted by Gasteiger charge is 2.41. The first-order valence-electron chi connectivity index (χ1n) is 15.2. The fourth-order valence-electron chi connectivity index (χ4n) is 5.23. The second-order valence-corrected chi connectivity index (χ2v) is 11.4. The van der Waals surface area contributed by atoms with Gasteiger partial charge in [0.2, 0.25) is 0 Å². The molecule has 5 aromatic rings. The molecule has 0 aliphatic heterocycles. The van der Waals surface area contributed by atoms with E-state index < -0.39 is 69.3 Å². The lowest BCUT2D eigenvalue weighted by Crippen LogP contribution is -2.25. The normalized spacial score (nSPS) is 11.3. The van der Waals surface area contributed by atoms with Gasteiger partial charge in [-0.2, -0.15) is 8.78 Å². The molecule has 252 valence electrons. The molecule has 0 radical (unpaired) electrons. The Hall–Kier alpha value is -5.17. The van der Waals surface area contributed by atoms with Gasteiger partial charge in [-0.1, -0.05) is 55.9 Å². The molecule has 0 saturated heterocycles. The van der Waals surface area contributed by atoms with Gasteiger partial charge in [-0.3, -0.25) is 0 Å². The number of halogens is 9. The lowest BCUT2D eigenvalue weighted by Gasteiger charge is -2.20. The first kappa shape index (κ1) is 35.1. The van der Waals surface area contributed by atoms with Crippen molar-refractivity contribution < 1.29 is 44.3 Å². The van der Waals surface area contributed by atoms with Crippen LogP contribution in [-0.2, 0) is 12.5 Å². The van der Waals surface area contributed by atoms with Gasteiger partial charge in [-0.25, -0.2) is 30.7 Å². The molecule has 0 atom stereocenters. The Kier molecular flexibility index (Phi) is 10.4. The molecule has 49 heavy (non-hydrogen) atoms. The van der Waals surface area contributed by atoms with Crippen molar-refractivity contribution in [1.82, 2.24) is 0 Å². The van der Waals surface area contributed by atoms with E-state index in [9.17, 15) is 35.1 Å². The van der Waals surface area contributed by atoms with Crippen molar-refractivity contribution in [2.45, 2.75) is 45.6 Å². The van der Waals surface area contributed by atoms with Crippen molar-refractivity contribution >= 4 is 0 Å². The molecular weight excluding hydrogens is 655 g/mol. The average molecular weight is 683 g/mol. The number of benzene rings is 5. The number of hydrogen-bond acceptors (Lipinski definition) is 1. The third-order valence-corrected chi connectivity index (χ3v) is 7.80. The molecule has 0 fully saturated rings. The van der Waals surface area contributed by atoms with Crippen LogP contribution in [0, 0.1) is 59.5 Å². The van der Waals surface area contributed by atoms with E-state index >= 15 is 4.39 Å². The molecule has 0 spiro atoms. The highest BCUT2D eigenvalue weighted by Crippen LogP contribution is 2.37. The Morgan fingerprint density at radius 2 is 1.24 bits per heavy atom. The molecule has 0 saturated carbocycles. The summed E-state index contributed by atoms with van der Waals surface area (Å²) < 4.78 is 134. The minimum Gasteiger partial charge on any atom is -0.429 e. The van der Waals surface area contributed by atoms with Gasteiger partial charge in [0, 0.05) is 28.3 Å².